The van der Waals surface area contributed by atoms with Crippen molar-refractivity contribution in [2.75, 3.05) is 31.2 Å². The summed E-state index contributed by atoms with van der Waals surface area (Å²) in [5.41, 5.74) is 7.86. The second kappa shape index (κ2) is 11.1. The van der Waals surface area contributed by atoms with Crippen molar-refractivity contribution >= 4 is 34.1 Å². The number of aromatic nitrogens is 1. The standard InChI is InChI=1S/C29H29N5O3S/c1-20-4-13-27(21(2)18-20)30-29-33(28(19-38-29)24-7-11-26(12-8-24)34(35)36)31-22(3)23-5-9-25(10-6-23)32-14-16-37-17-15-32/h4-13,18-19H,14-17H2,1-3H3. The Balaban J connectivity index is 1.56. The van der Waals surface area contributed by atoms with Gasteiger partial charge in [0.25, 0.3) is 5.69 Å². The van der Waals surface area contributed by atoms with Gasteiger partial charge < -0.3 is 9.64 Å². The molecule has 0 radical (unpaired) electrons. The van der Waals surface area contributed by atoms with Gasteiger partial charge in [0.2, 0.25) is 4.80 Å². The van der Waals surface area contributed by atoms with Crippen LogP contribution in [0.5, 0.6) is 0 Å². The zero-order valence-corrected chi connectivity index (χ0v) is 22.4. The van der Waals surface area contributed by atoms with Gasteiger partial charge in [-0.05, 0) is 62.2 Å². The predicted molar refractivity (Wildman–Crippen MR) is 153 cm³/mol. The first kappa shape index (κ1) is 25.6. The van der Waals surface area contributed by atoms with Crippen LogP contribution in [-0.4, -0.2) is 41.6 Å². The van der Waals surface area contributed by atoms with Gasteiger partial charge in [0.15, 0.2) is 0 Å². The Kier molecular flexibility index (Phi) is 7.48. The largest absolute Gasteiger partial charge is 0.378 e. The number of benzene rings is 3. The van der Waals surface area contributed by atoms with Crippen molar-refractivity contribution in [3.05, 3.63) is 104 Å². The van der Waals surface area contributed by atoms with E-state index in [2.05, 4.69) is 42.2 Å². The average Bonchev–Trinajstić information content (AvgIpc) is 3.32. The highest BCUT2D eigenvalue weighted by molar-refractivity contribution is 7.07. The summed E-state index contributed by atoms with van der Waals surface area (Å²) in [6, 6.07) is 21.1. The smallest absolute Gasteiger partial charge is 0.269 e. The van der Waals surface area contributed by atoms with Gasteiger partial charge in [-0.15, -0.1) is 11.3 Å². The average molecular weight is 528 g/mol. The Labute approximate surface area is 225 Å². The van der Waals surface area contributed by atoms with E-state index in [1.807, 2.05) is 36.0 Å². The minimum Gasteiger partial charge on any atom is -0.378 e. The molecular weight excluding hydrogens is 498 g/mol. The lowest BCUT2D eigenvalue weighted by Crippen LogP contribution is -2.36. The molecule has 0 unspecified atom stereocenters. The Bertz CT molecular complexity index is 1550. The molecule has 1 saturated heterocycles. The molecule has 1 fully saturated rings. The number of nitro benzene ring substituents is 1. The molecule has 1 aliphatic rings. The van der Waals surface area contributed by atoms with E-state index in [0.29, 0.717) is 0 Å². The van der Waals surface area contributed by atoms with Crippen LogP contribution in [0.3, 0.4) is 0 Å². The lowest BCUT2D eigenvalue weighted by molar-refractivity contribution is -0.384. The van der Waals surface area contributed by atoms with E-state index < -0.39 is 4.92 Å². The van der Waals surface area contributed by atoms with Gasteiger partial charge in [0.1, 0.15) is 0 Å². The monoisotopic (exact) mass is 527 g/mol. The highest BCUT2D eigenvalue weighted by Gasteiger charge is 2.14. The summed E-state index contributed by atoms with van der Waals surface area (Å²) in [5.74, 6) is 0. The summed E-state index contributed by atoms with van der Waals surface area (Å²) in [4.78, 5) is 18.7. The molecule has 3 aromatic carbocycles. The molecule has 0 spiro atoms. The fourth-order valence-corrected chi connectivity index (χ4v) is 5.25. The van der Waals surface area contributed by atoms with Gasteiger partial charge in [-0.3, -0.25) is 10.1 Å². The van der Waals surface area contributed by atoms with E-state index in [-0.39, 0.29) is 5.69 Å². The number of hydrogen-bond acceptors (Lipinski definition) is 7. The maximum absolute atomic E-state index is 11.2. The van der Waals surface area contributed by atoms with E-state index in [1.165, 1.54) is 34.7 Å². The maximum Gasteiger partial charge on any atom is 0.269 e. The number of non-ortho nitro benzene ring substituents is 1. The third-order valence-corrected chi connectivity index (χ3v) is 7.36. The lowest BCUT2D eigenvalue weighted by atomic mass is 10.1. The van der Waals surface area contributed by atoms with Crippen LogP contribution in [0.4, 0.5) is 17.1 Å². The van der Waals surface area contributed by atoms with Crippen molar-refractivity contribution in [1.82, 2.24) is 4.68 Å². The molecular formula is C29H29N5O3S. The molecule has 4 aromatic rings. The van der Waals surface area contributed by atoms with E-state index in [9.17, 15) is 10.1 Å². The fourth-order valence-electron chi connectivity index (χ4n) is 4.40. The second-order valence-corrected chi connectivity index (χ2v) is 10.1. The first-order chi connectivity index (χ1) is 18.4. The summed E-state index contributed by atoms with van der Waals surface area (Å²) in [6.07, 6.45) is 0. The topological polar surface area (TPSA) is 85.3 Å². The van der Waals surface area contributed by atoms with Crippen molar-refractivity contribution in [3.8, 4) is 11.3 Å². The van der Waals surface area contributed by atoms with Crippen molar-refractivity contribution in [2.24, 2.45) is 10.1 Å². The van der Waals surface area contributed by atoms with Crippen LogP contribution in [0.15, 0.2) is 82.2 Å². The number of anilines is 1. The molecule has 0 saturated carbocycles. The first-order valence-corrected chi connectivity index (χ1v) is 13.3. The number of ether oxygens (including phenoxy) is 1. The third kappa shape index (κ3) is 5.58. The van der Waals surface area contributed by atoms with Crippen LogP contribution in [0.2, 0.25) is 0 Å². The lowest BCUT2D eigenvalue weighted by Gasteiger charge is -2.28. The van der Waals surface area contributed by atoms with Crippen LogP contribution in [-0.2, 0) is 4.74 Å². The van der Waals surface area contributed by atoms with E-state index in [0.717, 1.165) is 64.9 Å². The number of morpholine rings is 1. The summed E-state index contributed by atoms with van der Waals surface area (Å²) < 4.78 is 7.30. The van der Waals surface area contributed by atoms with Crippen molar-refractivity contribution < 1.29 is 9.66 Å². The highest BCUT2D eigenvalue weighted by Crippen LogP contribution is 2.25. The summed E-state index contributed by atoms with van der Waals surface area (Å²) >= 11 is 1.48. The molecule has 0 N–H and O–H groups in total. The third-order valence-electron chi connectivity index (χ3n) is 6.54. The normalized spacial score (nSPS) is 14.7. The number of rotatable bonds is 6. The van der Waals surface area contributed by atoms with Gasteiger partial charge in [-0.25, -0.2) is 9.67 Å². The number of hydrogen-bond donors (Lipinski definition) is 0. The minimum absolute atomic E-state index is 0.0516. The maximum atomic E-state index is 11.2. The van der Waals surface area contributed by atoms with Gasteiger partial charge in [0, 0.05) is 41.9 Å². The molecule has 38 heavy (non-hydrogen) atoms. The molecule has 1 aliphatic heterocycles. The van der Waals surface area contributed by atoms with Crippen LogP contribution in [0.25, 0.3) is 11.3 Å². The molecule has 0 atom stereocenters. The van der Waals surface area contributed by atoms with Gasteiger partial charge >= 0.3 is 0 Å². The molecule has 1 aromatic heterocycles. The Hall–Kier alpha value is -4.08. The SMILES string of the molecule is CC(=Nn1c(-c2ccc([N+](=O)[O-])cc2)csc1=Nc1ccc(C)cc1C)c1ccc(N2CCOCC2)cc1. The number of nitrogens with zero attached hydrogens (tertiary/aromatic N) is 5. The Morgan fingerprint density at radius 2 is 1.71 bits per heavy atom. The van der Waals surface area contributed by atoms with Crippen LogP contribution < -0.4 is 9.70 Å². The summed E-state index contributed by atoms with van der Waals surface area (Å²) in [6.45, 7) is 9.36. The van der Waals surface area contributed by atoms with Gasteiger partial charge in [0.05, 0.1) is 35.2 Å². The van der Waals surface area contributed by atoms with Crippen LogP contribution >= 0.6 is 11.3 Å². The van der Waals surface area contributed by atoms with E-state index in [4.69, 9.17) is 14.8 Å². The molecule has 5 rings (SSSR count). The zero-order valence-electron chi connectivity index (χ0n) is 21.6. The molecule has 2 heterocycles. The number of aryl methyl sites for hydroxylation is 2. The molecule has 0 aliphatic carbocycles. The highest BCUT2D eigenvalue weighted by atomic mass is 32.1. The van der Waals surface area contributed by atoms with E-state index >= 15 is 0 Å². The zero-order chi connectivity index (χ0) is 26.6. The Morgan fingerprint density at radius 1 is 1.00 bits per heavy atom. The molecule has 8 nitrogen and oxygen atoms in total. The van der Waals surface area contributed by atoms with Crippen molar-refractivity contribution in [3.63, 3.8) is 0 Å². The quantitative estimate of drug-likeness (QED) is 0.173. The Morgan fingerprint density at radius 3 is 2.37 bits per heavy atom. The fraction of sp³-hybridized carbons (Fsp3) is 0.241. The second-order valence-electron chi connectivity index (χ2n) is 9.25. The van der Waals surface area contributed by atoms with Gasteiger partial charge in [-0.1, -0.05) is 29.8 Å². The van der Waals surface area contributed by atoms with Crippen LogP contribution in [0.1, 0.15) is 23.6 Å². The van der Waals surface area contributed by atoms with E-state index in [1.54, 1.807) is 12.1 Å². The molecule has 9 heteroatoms. The molecule has 0 bridgehead atoms. The first-order valence-electron chi connectivity index (χ1n) is 12.4. The van der Waals surface area contributed by atoms with Crippen molar-refractivity contribution in [1.29, 1.82) is 0 Å². The van der Waals surface area contributed by atoms with Crippen molar-refractivity contribution in [2.45, 2.75) is 20.8 Å². The molecule has 194 valence electrons. The summed E-state index contributed by atoms with van der Waals surface area (Å²) in [7, 11) is 0. The predicted octanol–water partition coefficient (Wildman–Crippen LogP) is 6.08. The van der Waals surface area contributed by atoms with Crippen LogP contribution in [0, 0.1) is 24.0 Å². The summed E-state index contributed by atoms with van der Waals surface area (Å²) in [5, 5.41) is 18.1. The molecule has 0 amide bonds. The number of thiazole rings is 1. The van der Waals surface area contributed by atoms with Gasteiger partial charge in [-0.2, -0.15) is 5.10 Å². The number of nitro groups is 1. The minimum atomic E-state index is -0.394.